The van der Waals surface area contributed by atoms with E-state index < -0.39 is 17.7 Å². The third-order valence-corrected chi connectivity index (χ3v) is 5.87. The van der Waals surface area contributed by atoms with Crippen molar-refractivity contribution in [2.24, 2.45) is 0 Å². The molecule has 0 bridgehead atoms. The fraction of sp³-hybridized carbons (Fsp3) is 0.0833. The number of Topliss-reactive ketones (excluding diaryl/α,β-unsaturated/α-hetero) is 1. The number of carbonyl (C=O) groups is 2. The van der Waals surface area contributed by atoms with Crippen molar-refractivity contribution < 1.29 is 14.7 Å². The van der Waals surface area contributed by atoms with Gasteiger partial charge in [0.25, 0.3) is 11.7 Å². The summed E-state index contributed by atoms with van der Waals surface area (Å²) in [6, 6.07) is 19.5. The van der Waals surface area contributed by atoms with Crippen molar-refractivity contribution in [3.05, 3.63) is 110 Å². The largest absolute Gasteiger partial charge is 0.507 e. The Morgan fingerprint density at radius 3 is 1.81 bits per heavy atom. The average molecular weight is 473 g/mol. The Labute approximate surface area is 194 Å². The highest BCUT2D eigenvalue weighted by molar-refractivity contribution is 6.46. The van der Waals surface area contributed by atoms with Crippen LogP contribution in [0.1, 0.15) is 22.7 Å². The Morgan fingerprint density at radius 1 is 0.774 bits per heavy atom. The lowest BCUT2D eigenvalue weighted by molar-refractivity contribution is -0.140. The van der Waals surface area contributed by atoms with E-state index in [2.05, 4.69) is 0 Å². The summed E-state index contributed by atoms with van der Waals surface area (Å²) < 4.78 is 0. The van der Waals surface area contributed by atoms with E-state index in [9.17, 15) is 14.7 Å². The van der Waals surface area contributed by atoms with E-state index >= 15 is 0 Å². The Kier molecular flexibility index (Phi) is 6.05. The first-order valence-corrected chi connectivity index (χ1v) is 10.5. The molecule has 0 aliphatic carbocycles. The normalized spacial score (nSPS) is 17.9. The predicted molar refractivity (Wildman–Crippen MR) is 122 cm³/mol. The molecule has 1 heterocycles. The molecule has 3 aromatic carbocycles. The van der Waals surface area contributed by atoms with Crippen LogP contribution in [0.15, 0.2) is 78.4 Å². The highest BCUT2D eigenvalue weighted by atomic mass is 35.5. The summed E-state index contributed by atoms with van der Waals surface area (Å²) in [6.07, 6.45) is 0. The van der Waals surface area contributed by atoms with Crippen LogP contribution in [0.2, 0.25) is 15.1 Å². The third-order valence-electron chi connectivity index (χ3n) is 5.11. The van der Waals surface area contributed by atoms with Crippen LogP contribution in [0.5, 0.6) is 0 Å². The molecule has 1 atom stereocenters. The number of aliphatic hydroxyl groups is 1. The van der Waals surface area contributed by atoms with E-state index in [-0.39, 0.29) is 17.9 Å². The molecular formula is C24H16Cl3NO3. The van der Waals surface area contributed by atoms with Gasteiger partial charge < -0.3 is 10.0 Å². The van der Waals surface area contributed by atoms with Crippen LogP contribution in [0, 0.1) is 0 Å². The van der Waals surface area contributed by atoms with Gasteiger partial charge in [0.15, 0.2) is 0 Å². The van der Waals surface area contributed by atoms with Gasteiger partial charge in [0.2, 0.25) is 0 Å². The average Bonchev–Trinajstić information content (AvgIpc) is 3.01. The zero-order valence-electron chi connectivity index (χ0n) is 16.1. The van der Waals surface area contributed by atoms with Crippen LogP contribution in [0.4, 0.5) is 0 Å². The van der Waals surface area contributed by atoms with Gasteiger partial charge in [0, 0.05) is 27.2 Å². The van der Waals surface area contributed by atoms with Gasteiger partial charge in [0.05, 0.1) is 11.6 Å². The number of rotatable bonds is 4. The maximum absolute atomic E-state index is 13.0. The molecule has 4 rings (SSSR count). The summed E-state index contributed by atoms with van der Waals surface area (Å²) in [4.78, 5) is 27.4. The molecule has 0 aromatic heterocycles. The number of hydrogen-bond acceptors (Lipinski definition) is 3. The van der Waals surface area contributed by atoms with E-state index in [4.69, 9.17) is 34.8 Å². The molecule has 4 nitrogen and oxygen atoms in total. The topological polar surface area (TPSA) is 57.6 Å². The van der Waals surface area contributed by atoms with Crippen molar-refractivity contribution in [1.29, 1.82) is 0 Å². The van der Waals surface area contributed by atoms with Crippen molar-refractivity contribution in [1.82, 2.24) is 4.90 Å². The number of carbonyl (C=O) groups excluding carboxylic acids is 2. The Hall–Kier alpha value is -2.79. The van der Waals surface area contributed by atoms with Gasteiger partial charge in [-0.3, -0.25) is 9.59 Å². The van der Waals surface area contributed by atoms with Gasteiger partial charge in [-0.25, -0.2) is 0 Å². The molecular weight excluding hydrogens is 457 g/mol. The number of ketones is 1. The molecule has 0 unspecified atom stereocenters. The van der Waals surface area contributed by atoms with Crippen LogP contribution in [0.25, 0.3) is 5.76 Å². The van der Waals surface area contributed by atoms with Crippen molar-refractivity contribution in [2.75, 3.05) is 0 Å². The van der Waals surface area contributed by atoms with Crippen LogP contribution in [-0.4, -0.2) is 21.7 Å². The minimum absolute atomic E-state index is 0.0172. The number of likely N-dealkylation sites (tertiary alicyclic amines) is 1. The molecule has 1 fully saturated rings. The SMILES string of the molecule is O=C1C(=O)N(Cc2ccc(Cl)cc2)[C@H](c2ccc(Cl)cc2)C1=C(O)c1ccc(Cl)cc1. The van der Waals surface area contributed by atoms with Gasteiger partial charge in [-0.05, 0) is 59.7 Å². The number of benzene rings is 3. The second kappa shape index (κ2) is 8.75. The summed E-state index contributed by atoms with van der Waals surface area (Å²) in [6.45, 7) is 0.173. The second-order valence-electron chi connectivity index (χ2n) is 7.11. The zero-order chi connectivity index (χ0) is 22.1. The van der Waals surface area contributed by atoms with Gasteiger partial charge >= 0.3 is 0 Å². The lowest BCUT2D eigenvalue weighted by atomic mass is 9.95. The van der Waals surface area contributed by atoms with E-state index in [0.717, 1.165) is 5.56 Å². The van der Waals surface area contributed by atoms with Crippen molar-refractivity contribution in [3.8, 4) is 0 Å². The van der Waals surface area contributed by atoms with E-state index in [1.54, 1.807) is 72.8 Å². The van der Waals surface area contributed by atoms with Crippen molar-refractivity contribution >= 4 is 52.3 Å². The summed E-state index contributed by atoms with van der Waals surface area (Å²) in [7, 11) is 0. The van der Waals surface area contributed by atoms with Crippen LogP contribution >= 0.6 is 34.8 Å². The molecule has 7 heteroatoms. The maximum atomic E-state index is 13.0. The Balaban J connectivity index is 1.84. The minimum Gasteiger partial charge on any atom is -0.507 e. The lowest BCUT2D eigenvalue weighted by Gasteiger charge is -2.25. The fourth-order valence-corrected chi connectivity index (χ4v) is 3.96. The molecule has 31 heavy (non-hydrogen) atoms. The predicted octanol–water partition coefficient (Wildman–Crippen LogP) is 6.27. The third kappa shape index (κ3) is 4.33. The summed E-state index contributed by atoms with van der Waals surface area (Å²) >= 11 is 17.9. The number of hydrogen-bond donors (Lipinski definition) is 1. The van der Waals surface area contributed by atoms with Gasteiger partial charge in [-0.15, -0.1) is 0 Å². The van der Waals surface area contributed by atoms with Crippen LogP contribution in [-0.2, 0) is 16.1 Å². The minimum atomic E-state index is -0.774. The number of amides is 1. The monoisotopic (exact) mass is 471 g/mol. The molecule has 0 spiro atoms. The molecule has 0 saturated carbocycles. The first kappa shape index (κ1) is 21.4. The molecule has 3 aromatic rings. The van der Waals surface area contributed by atoms with E-state index in [0.29, 0.717) is 26.2 Å². The van der Waals surface area contributed by atoms with E-state index in [1.165, 1.54) is 4.90 Å². The van der Waals surface area contributed by atoms with Crippen molar-refractivity contribution in [2.45, 2.75) is 12.6 Å². The highest BCUT2D eigenvalue weighted by Gasteiger charge is 2.46. The molecule has 1 aliphatic heterocycles. The lowest BCUT2D eigenvalue weighted by Crippen LogP contribution is -2.29. The summed E-state index contributed by atoms with van der Waals surface area (Å²) in [5.41, 5.74) is 1.88. The van der Waals surface area contributed by atoms with Crippen molar-refractivity contribution in [3.63, 3.8) is 0 Å². The Bertz CT molecular complexity index is 1170. The summed E-state index contributed by atoms with van der Waals surface area (Å²) in [5.74, 6) is -1.69. The van der Waals surface area contributed by atoms with Gasteiger partial charge in [-0.2, -0.15) is 0 Å². The molecule has 1 saturated heterocycles. The van der Waals surface area contributed by atoms with E-state index in [1.807, 2.05) is 0 Å². The fourth-order valence-electron chi connectivity index (χ4n) is 3.58. The second-order valence-corrected chi connectivity index (χ2v) is 8.42. The first-order chi connectivity index (χ1) is 14.8. The number of aliphatic hydroxyl groups excluding tert-OH is 1. The molecule has 1 amide bonds. The smallest absolute Gasteiger partial charge is 0.295 e. The van der Waals surface area contributed by atoms with Crippen LogP contribution in [0.3, 0.4) is 0 Å². The highest BCUT2D eigenvalue weighted by Crippen LogP contribution is 2.40. The first-order valence-electron chi connectivity index (χ1n) is 9.39. The quantitative estimate of drug-likeness (QED) is 0.277. The molecule has 1 N–H and O–H groups in total. The molecule has 1 aliphatic rings. The van der Waals surface area contributed by atoms with Crippen LogP contribution < -0.4 is 0 Å². The Morgan fingerprint density at radius 2 is 1.26 bits per heavy atom. The molecule has 0 radical (unpaired) electrons. The zero-order valence-corrected chi connectivity index (χ0v) is 18.3. The number of halogens is 3. The number of nitrogens with zero attached hydrogens (tertiary/aromatic N) is 1. The summed E-state index contributed by atoms with van der Waals surface area (Å²) in [5, 5.41) is 12.6. The van der Waals surface area contributed by atoms with Gasteiger partial charge in [0.1, 0.15) is 5.76 Å². The van der Waals surface area contributed by atoms with Gasteiger partial charge in [-0.1, -0.05) is 59.1 Å². The maximum Gasteiger partial charge on any atom is 0.295 e. The standard InChI is InChI=1S/C24H16Cl3NO3/c25-17-7-1-14(2-8-17)13-28-21(15-3-9-18(26)10-4-15)20(23(30)24(28)31)22(29)16-5-11-19(27)12-6-16/h1-12,21,29H,13H2/t21-/m1/s1. The molecule has 156 valence electrons.